The Bertz CT molecular complexity index is 600. The Labute approximate surface area is 163 Å². The molecule has 0 bridgehead atoms. The van der Waals surface area contributed by atoms with Crippen molar-refractivity contribution < 1.29 is 9.47 Å². The highest BCUT2D eigenvalue weighted by molar-refractivity contribution is 5.79. The van der Waals surface area contributed by atoms with E-state index in [1.807, 2.05) is 18.2 Å². The van der Waals surface area contributed by atoms with Gasteiger partial charge in [0.05, 0.1) is 14.2 Å². The summed E-state index contributed by atoms with van der Waals surface area (Å²) in [7, 11) is 7.31. The van der Waals surface area contributed by atoms with Gasteiger partial charge in [-0.3, -0.25) is 4.99 Å². The highest BCUT2D eigenvalue weighted by Crippen LogP contribution is 2.24. The molecule has 1 aromatic carbocycles. The van der Waals surface area contributed by atoms with Crippen LogP contribution in [0.3, 0.4) is 0 Å². The van der Waals surface area contributed by atoms with E-state index in [1.54, 1.807) is 21.3 Å². The summed E-state index contributed by atoms with van der Waals surface area (Å²) >= 11 is 0. The van der Waals surface area contributed by atoms with E-state index < -0.39 is 0 Å². The number of aliphatic imine (C=N–C) groups is 1. The standard InChI is InChI=1S/C20H35N5O2/c1-16(15-25-10-8-24(3)9-11-25)13-22-20(21-2)23-14-17-6-7-18(26-4)12-19(17)27-5/h6-7,12,16H,8-11,13-15H2,1-5H3,(H2,21,22,23). The quantitative estimate of drug-likeness (QED) is 0.525. The summed E-state index contributed by atoms with van der Waals surface area (Å²) in [6.07, 6.45) is 0. The largest absolute Gasteiger partial charge is 0.497 e. The van der Waals surface area contributed by atoms with Crippen LogP contribution in [0.5, 0.6) is 11.5 Å². The zero-order valence-corrected chi connectivity index (χ0v) is 17.4. The van der Waals surface area contributed by atoms with Gasteiger partial charge < -0.3 is 29.9 Å². The molecule has 152 valence electrons. The number of rotatable bonds is 8. The number of methoxy groups -OCH3 is 2. The Kier molecular flexibility index (Phi) is 8.67. The normalized spacial score (nSPS) is 17.4. The van der Waals surface area contributed by atoms with Crippen LogP contribution in [0.25, 0.3) is 0 Å². The van der Waals surface area contributed by atoms with Crippen molar-refractivity contribution in [2.75, 3.05) is 67.6 Å². The molecule has 0 aliphatic carbocycles. The van der Waals surface area contributed by atoms with Crippen LogP contribution < -0.4 is 20.1 Å². The SMILES string of the molecule is CN=C(NCc1ccc(OC)cc1OC)NCC(C)CN1CCN(C)CC1. The van der Waals surface area contributed by atoms with Crippen LogP contribution in [-0.4, -0.2) is 83.3 Å². The number of nitrogens with zero attached hydrogens (tertiary/aromatic N) is 3. The minimum Gasteiger partial charge on any atom is -0.497 e. The molecule has 27 heavy (non-hydrogen) atoms. The molecule has 1 atom stereocenters. The van der Waals surface area contributed by atoms with Crippen LogP contribution in [-0.2, 0) is 6.54 Å². The number of ether oxygens (including phenoxy) is 2. The summed E-state index contributed by atoms with van der Waals surface area (Å²) < 4.78 is 10.7. The van der Waals surface area contributed by atoms with Gasteiger partial charge in [0.15, 0.2) is 5.96 Å². The second-order valence-corrected chi connectivity index (χ2v) is 7.19. The third kappa shape index (κ3) is 6.92. The van der Waals surface area contributed by atoms with Crippen molar-refractivity contribution in [3.05, 3.63) is 23.8 Å². The summed E-state index contributed by atoms with van der Waals surface area (Å²) in [6.45, 7) is 9.57. The third-order valence-corrected chi connectivity index (χ3v) is 4.95. The summed E-state index contributed by atoms with van der Waals surface area (Å²) in [4.78, 5) is 9.26. The van der Waals surface area contributed by atoms with E-state index in [4.69, 9.17) is 9.47 Å². The molecular weight excluding hydrogens is 342 g/mol. The zero-order chi connectivity index (χ0) is 19.6. The first-order valence-corrected chi connectivity index (χ1v) is 9.62. The van der Waals surface area contributed by atoms with E-state index in [0.717, 1.165) is 62.3 Å². The predicted molar refractivity (Wildman–Crippen MR) is 111 cm³/mol. The molecular formula is C20H35N5O2. The fourth-order valence-electron chi connectivity index (χ4n) is 3.20. The smallest absolute Gasteiger partial charge is 0.191 e. The van der Waals surface area contributed by atoms with Gasteiger partial charge in [-0.25, -0.2) is 0 Å². The fraction of sp³-hybridized carbons (Fsp3) is 0.650. The van der Waals surface area contributed by atoms with Gasteiger partial charge >= 0.3 is 0 Å². The molecule has 2 N–H and O–H groups in total. The number of likely N-dealkylation sites (N-methyl/N-ethyl adjacent to an activating group) is 1. The van der Waals surface area contributed by atoms with E-state index in [2.05, 4.69) is 39.4 Å². The van der Waals surface area contributed by atoms with E-state index >= 15 is 0 Å². The number of guanidine groups is 1. The first-order chi connectivity index (χ1) is 13.0. The van der Waals surface area contributed by atoms with Crippen LogP contribution in [0, 0.1) is 5.92 Å². The second kappa shape index (κ2) is 11.0. The molecule has 2 rings (SSSR count). The molecule has 0 aromatic heterocycles. The molecule has 1 saturated heterocycles. The summed E-state index contributed by atoms with van der Waals surface area (Å²) in [5.41, 5.74) is 1.06. The van der Waals surface area contributed by atoms with Gasteiger partial charge in [-0.05, 0) is 25.1 Å². The Morgan fingerprint density at radius 1 is 1.15 bits per heavy atom. The molecule has 1 heterocycles. The van der Waals surface area contributed by atoms with E-state index in [0.29, 0.717) is 12.5 Å². The van der Waals surface area contributed by atoms with Gasteiger partial charge in [-0.2, -0.15) is 0 Å². The van der Waals surface area contributed by atoms with Crippen molar-refractivity contribution in [1.82, 2.24) is 20.4 Å². The lowest BCUT2D eigenvalue weighted by molar-refractivity contribution is 0.139. The lowest BCUT2D eigenvalue weighted by atomic mass is 10.1. The van der Waals surface area contributed by atoms with Crippen LogP contribution in [0.1, 0.15) is 12.5 Å². The first kappa shape index (κ1) is 21.3. The Balaban J connectivity index is 1.77. The maximum absolute atomic E-state index is 5.45. The van der Waals surface area contributed by atoms with Crippen LogP contribution in [0.4, 0.5) is 0 Å². The molecule has 0 radical (unpaired) electrons. The van der Waals surface area contributed by atoms with Crippen molar-refractivity contribution in [3.8, 4) is 11.5 Å². The van der Waals surface area contributed by atoms with Crippen LogP contribution in [0.15, 0.2) is 23.2 Å². The molecule has 1 unspecified atom stereocenters. The molecule has 1 fully saturated rings. The lowest BCUT2D eigenvalue weighted by Crippen LogP contribution is -2.47. The number of benzene rings is 1. The molecule has 0 amide bonds. The predicted octanol–water partition coefficient (Wildman–Crippen LogP) is 1.25. The van der Waals surface area contributed by atoms with E-state index in [9.17, 15) is 0 Å². The van der Waals surface area contributed by atoms with Gasteiger partial charge in [0, 0.05) is 64.5 Å². The van der Waals surface area contributed by atoms with Crippen LogP contribution >= 0.6 is 0 Å². The van der Waals surface area contributed by atoms with Gasteiger partial charge in [-0.1, -0.05) is 6.92 Å². The molecule has 1 aliphatic heterocycles. The average molecular weight is 378 g/mol. The second-order valence-electron chi connectivity index (χ2n) is 7.19. The molecule has 0 spiro atoms. The minimum absolute atomic E-state index is 0.558. The zero-order valence-electron chi connectivity index (χ0n) is 17.4. The maximum Gasteiger partial charge on any atom is 0.191 e. The fourth-order valence-corrected chi connectivity index (χ4v) is 3.20. The number of hydrogen-bond donors (Lipinski definition) is 2. The van der Waals surface area contributed by atoms with Gasteiger partial charge in [-0.15, -0.1) is 0 Å². The van der Waals surface area contributed by atoms with Gasteiger partial charge in [0.1, 0.15) is 11.5 Å². The Morgan fingerprint density at radius 2 is 1.89 bits per heavy atom. The third-order valence-electron chi connectivity index (χ3n) is 4.95. The monoisotopic (exact) mass is 377 g/mol. The Morgan fingerprint density at radius 3 is 2.52 bits per heavy atom. The van der Waals surface area contributed by atoms with Crippen molar-refractivity contribution >= 4 is 5.96 Å². The number of nitrogens with one attached hydrogen (secondary N) is 2. The van der Waals surface area contributed by atoms with Crippen LogP contribution in [0.2, 0.25) is 0 Å². The van der Waals surface area contributed by atoms with Gasteiger partial charge in [0.2, 0.25) is 0 Å². The van der Waals surface area contributed by atoms with Crippen molar-refractivity contribution in [2.24, 2.45) is 10.9 Å². The summed E-state index contributed by atoms with van der Waals surface area (Å²) in [6, 6.07) is 5.84. The number of piperazine rings is 1. The molecule has 0 saturated carbocycles. The maximum atomic E-state index is 5.45. The minimum atomic E-state index is 0.558. The summed E-state index contributed by atoms with van der Waals surface area (Å²) in [5.74, 6) is 2.96. The lowest BCUT2D eigenvalue weighted by Gasteiger charge is -2.34. The summed E-state index contributed by atoms with van der Waals surface area (Å²) in [5, 5.41) is 6.79. The molecule has 7 heteroatoms. The van der Waals surface area contributed by atoms with Crippen molar-refractivity contribution in [3.63, 3.8) is 0 Å². The highest BCUT2D eigenvalue weighted by atomic mass is 16.5. The first-order valence-electron chi connectivity index (χ1n) is 9.62. The van der Waals surface area contributed by atoms with Crippen molar-refractivity contribution in [1.29, 1.82) is 0 Å². The highest BCUT2D eigenvalue weighted by Gasteiger charge is 2.16. The molecule has 1 aromatic rings. The van der Waals surface area contributed by atoms with E-state index in [-0.39, 0.29) is 0 Å². The topological polar surface area (TPSA) is 61.4 Å². The number of hydrogen-bond acceptors (Lipinski definition) is 5. The van der Waals surface area contributed by atoms with E-state index in [1.165, 1.54) is 0 Å². The Hall–Kier alpha value is -1.99. The average Bonchev–Trinajstić information content (AvgIpc) is 2.69. The van der Waals surface area contributed by atoms with Crippen molar-refractivity contribution in [2.45, 2.75) is 13.5 Å². The molecule has 7 nitrogen and oxygen atoms in total. The van der Waals surface area contributed by atoms with Gasteiger partial charge in [0.25, 0.3) is 0 Å². The molecule has 1 aliphatic rings.